The average molecular weight is 653 g/mol. The van der Waals surface area contributed by atoms with Gasteiger partial charge in [-0.3, -0.25) is 9.36 Å². The smallest absolute Gasteiger partial charge is 0.353 e. The number of hydrogen-bond acceptors (Lipinski definition) is 8. The predicted molar refractivity (Wildman–Crippen MR) is 186 cm³/mol. The highest BCUT2D eigenvalue weighted by Crippen LogP contribution is 2.31. The van der Waals surface area contributed by atoms with Gasteiger partial charge in [0.2, 0.25) is 5.91 Å². The van der Waals surface area contributed by atoms with E-state index in [9.17, 15) is 14.7 Å². The minimum atomic E-state index is -0.462. The second-order valence-electron chi connectivity index (χ2n) is 10.0. The van der Waals surface area contributed by atoms with Gasteiger partial charge in [-0.2, -0.15) is 32.0 Å². The van der Waals surface area contributed by atoms with Gasteiger partial charge in [-0.05, 0) is 55.0 Å². The Morgan fingerprint density at radius 1 is 1.14 bits per heavy atom. The molecule has 0 radical (unpaired) electrons. The highest BCUT2D eigenvalue weighted by Gasteiger charge is 2.35. The van der Waals surface area contributed by atoms with Gasteiger partial charge in [-0.15, -0.1) is 11.3 Å². The van der Waals surface area contributed by atoms with Gasteiger partial charge in [0.1, 0.15) is 27.6 Å². The van der Waals surface area contributed by atoms with Crippen molar-refractivity contribution in [3.63, 3.8) is 0 Å². The van der Waals surface area contributed by atoms with E-state index < -0.39 is 5.69 Å². The largest absolute Gasteiger partial charge is 0.511 e. The van der Waals surface area contributed by atoms with Gasteiger partial charge in [0.05, 0.1) is 27.2 Å². The maximum absolute atomic E-state index is 13.5. The zero-order chi connectivity index (χ0) is 28.7. The summed E-state index contributed by atoms with van der Waals surface area (Å²) in [4.78, 5) is 37.0. The third-order valence-electron chi connectivity index (χ3n) is 7.46. The predicted octanol–water partition coefficient (Wildman–Crippen LogP) is 5.39. The summed E-state index contributed by atoms with van der Waals surface area (Å²) in [6.45, 7) is 6.35. The lowest BCUT2D eigenvalue weighted by Crippen LogP contribution is -2.28. The van der Waals surface area contributed by atoms with Gasteiger partial charge in [-0.25, -0.2) is 9.78 Å². The molecule has 44 heavy (non-hydrogen) atoms. The number of hydrogen-bond donors (Lipinski definition) is 1. The highest BCUT2D eigenvalue weighted by molar-refractivity contribution is 7.59. The van der Waals surface area contributed by atoms with Crippen molar-refractivity contribution in [3.05, 3.63) is 94.0 Å². The maximum atomic E-state index is 13.5. The van der Waals surface area contributed by atoms with Gasteiger partial charge in [0.15, 0.2) is 0 Å². The van der Waals surface area contributed by atoms with Crippen LogP contribution >= 0.6 is 38.3 Å². The fourth-order valence-electron chi connectivity index (χ4n) is 5.48. The molecule has 5 aromatic rings. The van der Waals surface area contributed by atoms with E-state index in [-0.39, 0.29) is 64.5 Å². The molecule has 1 N–H and O–H groups in total. The van der Waals surface area contributed by atoms with E-state index in [1.165, 1.54) is 17.4 Å². The van der Waals surface area contributed by atoms with Crippen LogP contribution in [0.3, 0.4) is 0 Å². The molecule has 9 nitrogen and oxygen atoms in total. The van der Waals surface area contributed by atoms with E-state index in [4.69, 9.17) is 9.47 Å². The molecule has 3 aromatic heterocycles. The molecule has 4 heterocycles. The lowest BCUT2D eigenvalue weighted by atomic mass is 10.0. The summed E-state index contributed by atoms with van der Waals surface area (Å²) in [7, 11) is 1.60. The second-order valence-corrected chi connectivity index (χ2v) is 11.0. The first kappa shape index (κ1) is 34.6. The van der Waals surface area contributed by atoms with Crippen LogP contribution < -0.4 is 15.0 Å². The lowest BCUT2D eigenvalue weighted by Gasteiger charge is -2.15. The number of rotatable bonds is 7. The topological polar surface area (TPSA) is 107 Å². The van der Waals surface area contributed by atoms with Gasteiger partial charge in [0.25, 0.3) is 0 Å². The first-order valence-electron chi connectivity index (χ1n) is 13.2. The number of carbonyl (C=O) groups excluding carboxylic acids is 1. The summed E-state index contributed by atoms with van der Waals surface area (Å²) < 4.78 is 13.6. The number of aryl methyl sites for hydroxylation is 1. The van der Waals surface area contributed by atoms with Crippen LogP contribution in [0.25, 0.3) is 32.7 Å². The Morgan fingerprint density at radius 2 is 1.89 bits per heavy atom. The van der Waals surface area contributed by atoms with Crippen LogP contribution in [0.1, 0.15) is 19.4 Å². The number of carbonyl (C=O) groups is 1. The molecule has 0 bridgehead atoms. The van der Waals surface area contributed by atoms with E-state index in [0.29, 0.717) is 50.3 Å². The number of pyridine rings is 1. The standard InChI is InChI=1S/C31H28N4O5S.CH4.2H2S/c1-4-26(37)34-16-19(25(17-34)39-3)15-24(36)29-28-27-23(12-13-32-30(27)41-29)35(31(38)33-28)22-11-10-21(14-18(22)2)40-20-8-6-5-7-9-20;;;/h4-14,19,25,36H,1,15-17H2,2-3H3;1H4;2*1H2/t19-,25-;;;/m0.../s1. The third kappa shape index (κ3) is 6.34. The molecule has 1 saturated heterocycles. The molecule has 12 heteroatoms. The minimum absolute atomic E-state index is 0. The molecule has 0 spiro atoms. The molecule has 1 amide bonds. The van der Waals surface area contributed by atoms with Gasteiger partial charge >= 0.3 is 5.69 Å². The summed E-state index contributed by atoms with van der Waals surface area (Å²) in [5.74, 6) is 1.18. The molecule has 0 saturated carbocycles. The average Bonchev–Trinajstić information content (AvgIpc) is 3.56. The molecule has 0 unspecified atom stereocenters. The van der Waals surface area contributed by atoms with E-state index in [2.05, 4.69) is 16.5 Å². The van der Waals surface area contributed by atoms with Crippen molar-refractivity contribution in [1.29, 1.82) is 0 Å². The summed E-state index contributed by atoms with van der Waals surface area (Å²) in [5, 5.41) is 12.0. The van der Waals surface area contributed by atoms with Gasteiger partial charge in [-0.1, -0.05) is 32.2 Å². The third-order valence-corrected chi connectivity index (χ3v) is 8.60. The minimum Gasteiger partial charge on any atom is -0.511 e. The van der Waals surface area contributed by atoms with Crippen molar-refractivity contribution in [2.75, 3.05) is 20.2 Å². The number of aliphatic hydroxyl groups excluding tert-OH is 1. The van der Waals surface area contributed by atoms with Crippen molar-refractivity contribution in [3.8, 4) is 17.2 Å². The first-order valence-corrected chi connectivity index (χ1v) is 14.0. The van der Waals surface area contributed by atoms with E-state index in [0.717, 1.165) is 11.3 Å². The Bertz CT molecular complexity index is 1910. The van der Waals surface area contributed by atoms with Crippen LogP contribution in [0.15, 0.2) is 78.2 Å². The van der Waals surface area contributed by atoms with Crippen molar-refractivity contribution < 1.29 is 19.4 Å². The molecule has 1 fully saturated rings. The number of thiophene rings is 1. The number of amides is 1. The fourth-order valence-corrected chi connectivity index (χ4v) is 6.54. The van der Waals surface area contributed by atoms with Crippen LogP contribution in [-0.2, 0) is 9.53 Å². The number of para-hydroxylation sites is 1. The number of benzene rings is 2. The normalized spacial score (nSPS) is 16.5. The van der Waals surface area contributed by atoms with Crippen molar-refractivity contribution in [2.45, 2.75) is 26.9 Å². The Hall–Kier alpha value is -3.84. The Morgan fingerprint density at radius 3 is 2.57 bits per heavy atom. The molecule has 232 valence electrons. The molecular formula is C32H36N4O5S3. The number of aliphatic hydroxyl groups is 1. The van der Waals surface area contributed by atoms with Crippen molar-refractivity contribution in [2.24, 2.45) is 5.92 Å². The summed E-state index contributed by atoms with van der Waals surface area (Å²) in [5.41, 5.74) is 2.12. The Labute approximate surface area is 273 Å². The van der Waals surface area contributed by atoms with E-state index >= 15 is 0 Å². The molecule has 1 aliphatic heterocycles. The Balaban J connectivity index is 0.00000176. The molecular weight excluding hydrogens is 617 g/mol. The fraction of sp³-hybridized carbons (Fsp3) is 0.250. The zero-order valence-corrected chi connectivity index (χ0v) is 26.4. The van der Waals surface area contributed by atoms with Gasteiger partial charge < -0.3 is 19.5 Å². The Kier molecular flexibility index (Phi) is 11.3. The number of aromatic nitrogens is 3. The molecule has 2 atom stereocenters. The van der Waals surface area contributed by atoms with Crippen molar-refractivity contribution in [1.82, 2.24) is 19.4 Å². The van der Waals surface area contributed by atoms with Crippen LogP contribution in [0, 0.1) is 12.8 Å². The molecule has 1 aliphatic rings. The highest BCUT2D eigenvalue weighted by atomic mass is 32.1. The zero-order valence-electron chi connectivity index (χ0n) is 23.6. The van der Waals surface area contributed by atoms with E-state index in [1.807, 2.05) is 55.5 Å². The molecule has 6 rings (SSSR count). The lowest BCUT2D eigenvalue weighted by molar-refractivity contribution is -0.125. The number of ether oxygens (including phenoxy) is 2. The number of likely N-dealkylation sites (tertiary alicyclic amines) is 1. The van der Waals surface area contributed by atoms with Crippen LogP contribution in [-0.4, -0.2) is 56.8 Å². The van der Waals surface area contributed by atoms with Crippen LogP contribution in [0.5, 0.6) is 11.5 Å². The quantitative estimate of drug-likeness (QED) is 0.235. The van der Waals surface area contributed by atoms with Crippen LogP contribution in [0.2, 0.25) is 0 Å². The molecule has 0 aliphatic carbocycles. The van der Waals surface area contributed by atoms with Crippen LogP contribution in [0.4, 0.5) is 0 Å². The second kappa shape index (κ2) is 14.3. The molecule has 2 aromatic carbocycles. The monoisotopic (exact) mass is 652 g/mol. The summed E-state index contributed by atoms with van der Waals surface area (Å²) >= 11 is 1.29. The first-order chi connectivity index (χ1) is 19.9. The summed E-state index contributed by atoms with van der Waals surface area (Å²) in [6, 6.07) is 16.8. The van der Waals surface area contributed by atoms with Gasteiger partial charge in [0, 0.05) is 38.7 Å². The number of nitrogens with zero attached hydrogens (tertiary/aromatic N) is 4. The van der Waals surface area contributed by atoms with E-state index in [1.54, 1.807) is 28.8 Å². The number of methoxy groups -OCH3 is 1. The van der Waals surface area contributed by atoms with Crippen molar-refractivity contribution >= 4 is 71.2 Å². The maximum Gasteiger partial charge on any atom is 0.353 e. The SMILES string of the molecule is C.C=CC(=O)N1C[C@H](CC(O)=c2sc3nccc4c3c2nc(=O)n4-c2ccc(Oc3ccccc3)cc2C)[C@@H](OC)C1.S.S. The summed E-state index contributed by atoms with van der Waals surface area (Å²) in [6.07, 6.45) is 2.98.